The molecule has 2 atom stereocenters. The third-order valence-electron chi connectivity index (χ3n) is 4.41. The second-order valence-electron chi connectivity index (χ2n) is 5.69. The van der Waals surface area contributed by atoms with Crippen LogP contribution in [0.1, 0.15) is 49.3 Å². The Hall–Kier alpha value is -1.02. The van der Waals surface area contributed by atoms with E-state index in [-0.39, 0.29) is 0 Å². The van der Waals surface area contributed by atoms with Crippen molar-refractivity contribution in [3.8, 4) is 5.75 Å². The van der Waals surface area contributed by atoms with Crippen LogP contribution in [-0.4, -0.2) is 12.2 Å². The van der Waals surface area contributed by atoms with Crippen LogP contribution in [0.4, 0.5) is 0 Å². The topological polar surface area (TPSA) is 29.5 Å². The molecule has 1 fully saturated rings. The van der Waals surface area contributed by atoms with Crippen LogP contribution in [0, 0.1) is 19.8 Å². The lowest BCUT2D eigenvalue weighted by atomic mass is 9.86. The van der Waals surface area contributed by atoms with Gasteiger partial charge in [0.2, 0.25) is 0 Å². The molecule has 2 unspecified atom stereocenters. The quantitative estimate of drug-likeness (QED) is 0.883. The number of methoxy groups -OCH3 is 1. The maximum Gasteiger partial charge on any atom is 0.122 e. The van der Waals surface area contributed by atoms with Crippen molar-refractivity contribution < 1.29 is 9.84 Å². The van der Waals surface area contributed by atoms with Gasteiger partial charge in [-0.3, -0.25) is 0 Å². The average molecular weight is 248 g/mol. The Morgan fingerprint density at radius 2 is 2.06 bits per heavy atom. The summed E-state index contributed by atoms with van der Waals surface area (Å²) >= 11 is 0. The molecular weight excluding hydrogens is 224 g/mol. The Bertz CT molecular complexity index is 439. The molecule has 1 saturated carbocycles. The highest BCUT2D eigenvalue weighted by molar-refractivity contribution is 5.44. The lowest BCUT2D eigenvalue weighted by Crippen LogP contribution is -2.23. The van der Waals surface area contributed by atoms with Crippen molar-refractivity contribution in [3.05, 3.63) is 28.8 Å². The summed E-state index contributed by atoms with van der Waals surface area (Å²) in [6.45, 7) is 6.31. The largest absolute Gasteiger partial charge is 0.496 e. The number of rotatable bonds is 3. The van der Waals surface area contributed by atoms with Gasteiger partial charge in [0.25, 0.3) is 0 Å². The van der Waals surface area contributed by atoms with Gasteiger partial charge < -0.3 is 9.84 Å². The molecule has 1 aliphatic rings. The van der Waals surface area contributed by atoms with E-state index in [1.165, 1.54) is 0 Å². The molecule has 1 aromatic rings. The van der Waals surface area contributed by atoms with Gasteiger partial charge in [0.05, 0.1) is 12.7 Å². The third kappa shape index (κ3) is 2.26. The molecule has 1 N–H and O–H groups in total. The summed E-state index contributed by atoms with van der Waals surface area (Å²) in [7, 11) is 1.69. The summed E-state index contributed by atoms with van der Waals surface area (Å²) in [4.78, 5) is 0. The molecule has 0 aromatic heterocycles. The Balaban J connectivity index is 2.37. The van der Waals surface area contributed by atoms with E-state index >= 15 is 0 Å². The summed E-state index contributed by atoms with van der Waals surface area (Å²) in [6.07, 6.45) is 4.09. The minimum absolute atomic E-state index is 0.623. The number of benzene rings is 1. The van der Waals surface area contributed by atoms with Crippen LogP contribution in [0.3, 0.4) is 0 Å². The van der Waals surface area contributed by atoms with Crippen LogP contribution in [0.25, 0.3) is 0 Å². The van der Waals surface area contributed by atoms with Gasteiger partial charge in [-0.1, -0.05) is 13.3 Å². The van der Waals surface area contributed by atoms with Gasteiger partial charge in [0, 0.05) is 0 Å². The summed E-state index contributed by atoms with van der Waals surface area (Å²) in [5.41, 5.74) is 2.71. The maximum absolute atomic E-state index is 10.9. The van der Waals surface area contributed by atoms with Crippen molar-refractivity contribution in [1.82, 2.24) is 0 Å². The molecule has 0 saturated heterocycles. The minimum atomic E-state index is -0.623. The first-order chi connectivity index (χ1) is 8.50. The lowest BCUT2D eigenvalue weighted by Gasteiger charge is -2.26. The zero-order valence-corrected chi connectivity index (χ0v) is 11.9. The van der Waals surface area contributed by atoms with Crippen LogP contribution >= 0.6 is 0 Å². The molecule has 1 aliphatic carbocycles. The molecule has 100 valence electrons. The standard InChI is InChI=1S/C16H24O2/c1-5-13-6-7-16(17,10-13)14-8-12(3)15(18-4)9-11(14)2/h8-9,13,17H,5-7,10H2,1-4H3. The fraction of sp³-hybridized carbons (Fsp3) is 0.625. The van der Waals surface area contributed by atoms with E-state index in [0.29, 0.717) is 5.92 Å². The van der Waals surface area contributed by atoms with E-state index in [9.17, 15) is 5.11 Å². The first-order valence-electron chi connectivity index (χ1n) is 6.88. The highest BCUT2D eigenvalue weighted by Gasteiger charge is 2.39. The SMILES string of the molecule is CCC1CCC(O)(c2cc(C)c(OC)cc2C)C1. The number of hydrogen-bond acceptors (Lipinski definition) is 2. The van der Waals surface area contributed by atoms with Crippen molar-refractivity contribution in [2.24, 2.45) is 5.92 Å². The molecule has 2 rings (SSSR count). The molecule has 0 aliphatic heterocycles. The average Bonchev–Trinajstić information content (AvgIpc) is 2.74. The molecule has 0 radical (unpaired) electrons. The predicted molar refractivity (Wildman–Crippen MR) is 74.0 cm³/mol. The molecule has 18 heavy (non-hydrogen) atoms. The summed E-state index contributed by atoms with van der Waals surface area (Å²) < 4.78 is 5.34. The highest BCUT2D eigenvalue weighted by Crippen LogP contribution is 2.45. The minimum Gasteiger partial charge on any atom is -0.496 e. The smallest absolute Gasteiger partial charge is 0.122 e. The third-order valence-corrected chi connectivity index (χ3v) is 4.41. The molecule has 0 spiro atoms. The highest BCUT2D eigenvalue weighted by atomic mass is 16.5. The molecule has 0 heterocycles. The number of aliphatic hydroxyl groups is 1. The van der Waals surface area contributed by atoms with Crippen molar-refractivity contribution in [1.29, 1.82) is 0 Å². The van der Waals surface area contributed by atoms with Crippen LogP contribution < -0.4 is 4.74 Å². The van der Waals surface area contributed by atoms with E-state index < -0.39 is 5.60 Å². The lowest BCUT2D eigenvalue weighted by molar-refractivity contribution is 0.0391. The maximum atomic E-state index is 10.9. The molecular formula is C16H24O2. The molecule has 0 bridgehead atoms. The summed E-state index contributed by atoms with van der Waals surface area (Å²) in [5, 5.41) is 10.9. The van der Waals surface area contributed by atoms with Crippen molar-refractivity contribution in [2.45, 2.75) is 52.1 Å². The van der Waals surface area contributed by atoms with Crippen molar-refractivity contribution in [3.63, 3.8) is 0 Å². The summed E-state index contributed by atoms with van der Waals surface area (Å²) in [6, 6.07) is 4.15. The molecule has 2 nitrogen and oxygen atoms in total. The van der Waals surface area contributed by atoms with Gasteiger partial charge in [-0.05, 0) is 67.9 Å². The Kier molecular flexibility index (Phi) is 3.67. The second-order valence-corrected chi connectivity index (χ2v) is 5.69. The molecule has 1 aromatic carbocycles. The van der Waals surface area contributed by atoms with Crippen LogP contribution in [0.5, 0.6) is 5.75 Å². The van der Waals surface area contributed by atoms with Crippen molar-refractivity contribution in [2.75, 3.05) is 7.11 Å². The zero-order valence-electron chi connectivity index (χ0n) is 11.9. The van der Waals surface area contributed by atoms with Crippen molar-refractivity contribution >= 4 is 0 Å². The monoisotopic (exact) mass is 248 g/mol. The van der Waals surface area contributed by atoms with E-state index in [2.05, 4.69) is 19.9 Å². The number of ether oxygens (including phenoxy) is 1. The second kappa shape index (κ2) is 4.93. The Morgan fingerprint density at radius 1 is 1.33 bits per heavy atom. The number of hydrogen-bond donors (Lipinski definition) is 1. The van der Waals surface area contributed by atoms with Gasteiger partial charge in [0.1, 0.15) is 5.75 Å². The van der Waals surface area contributed by atoms with Gasteiger partial charge >= 0.3 is 0 Å². The van der Waals surface area contributed by atoms with E-state index in [1.54, 1.807) is 7.11 Å². The fourth-order valence-corrected chi connectivity index (χ4v) is 3.23. The first kappa shape index (κ1) is 13.4. The van der Waals surface area contributed by atoms with Gasteiger partial charge in [0.15, 0.2) is 0 Å². The first-order valence-corrected chi connectivity index (χ1v) is 6.88. The Morgan fingerprint density at radius 3 is 2.61 bits per heavy atom. The van der Waals surface area contributed by atoms with Gasteiger partial charge in [-0.15, -0.1) is 0 Å². The van der Waals surface area contributed by atoms with E-state index in [0.717, 1.165) is 48.1 Å². The zero-order chi connectivity index (χ0) is 13.3. The van der Waals surface area contributed by atoms with Crippen LogP contribution in [0.15, 0.2) is 12.1 Å². The van der Waals surface area contributed by atoms with E-state index in [4.69, 9.17) is 4.74 Å². The molecule has 0 amide bonds. The van der Waals surface area contributed by atoms with Crippen LogP contribution in [0.2, 0.25) is 0 Å². The normalized spacial score (nSPS) is 27.5. The van der Waals surface area contributed by atoms with Crippen LogP contribution in [-0.2, 0) is 5.60 Å². The van der Waals surface area contributed by atoms with Gasteiger partial charge in [-0.25, -0.2) is 0 Å². The van der Waals surface area contributed by atoms with E-state index in [1.807, 2.05) is 13.0 Å². The predicted octanol–water partition coefficient (Wildman–Crippen LogP) is 3.71. The summed E-state index contributed by atoms with van der Waals surface area (Å²) in [5.74, 6) is 1.57. The number of aryl methyl sites for hydroxylation is 2. The molecule has 2 heteroatoms. The fourth-order valence-electron chi connectivity index (χ4n) is 3.23. The Labute approximate surface area is 110 Å². The van der Waals surface area contributed by atoms with Gasteiger partial charge in [-0.2, -0.15) is 0 Å².